The summed E-state index contributed by atoms with van der Waals surface area (Å²) < 4.78 is 1.95. The molecular formula is C22H25N5OS. The first-order chi connectivity index (χ1) is 14.2. The second kappa shape index (κ2) is 8.61. The number of hydrogen-bond donors (Lipinski definition) is 2. The van der Waals surface area contributed by atoms with Crippen LogP contribution in [0.2, 0.25) is 0 Å². The van der Waals surface area contributed by atoms with Crippen molar-refractivity contribution in [3.05, 3.63) is 52.2 Å². The van der Waals surface area contributed by atoms with E-state index in [2.05, 4.69) is 12.2 Å². The number of aryl methyl sites for hydroxylation is 1. The molecular weight excluding hydrogens is 382 g/mol. The number of benzene rings is 1. The van der Waals surface area contributed by atoms with Crippen molar-refractivity contribution in [2.45, 2.75) is 45.7 Å². The van der Waals surface area contributed by atoms with E-state index in [1.165, 1.54) is 12.8 Å². The third-order valence-corrected chi connectivity index (χ3v) is 5.93. The molecule has 4 rings (SSSR count). The molecule has 29 heavy (non-hydrogen) atoms. The van der Waals surface area contributed by atoms with Crippen LogP contribution in [-0.2, 0) is 13.1 Å². The normalized spacial score (nSPS) is 11.3. The van der Waals surface area contributed by atoms with Crippen molar-refractivity contribution < 1.29 is 4.79 Å². The van der Waals surface area contributed by atoms with Crippen molar-refractivity contribution in [2.75, 3.05) is 5.73 Å². The summed E-state index contributed by atoms with van der Waals surface area (Å²) in [6, 6.07) is 11.7. The minimum absolute atomic E-state index is 0.210. The average molecular weight is 408 g/mol. The predicted molar refractivity (Wildman–Crippen MR) is 119 cm³/mol. The van der Waals surface area contributed by atoms with E-state index in [9.17, 15) is 4.79 Å². The van der Waals surface area contributed by atoms with E-state index in [0.717, 1.165) is 35.3 Å². The number of nitrogens with two attached hydrogens (primary N) is 1. The number of carbonyl (C=O) groups is 1. The molecule has 4 aromatic rings. The standard InChI is InChI=1S/C22H25N5OS/c1-2-3-4-7-12-27-20(23)18(22(28)24-14-15-9-8-13-29-15)19-21(27)26-17-11-6-5-10-16(17)25-19/h5-6,8-11,13H,2-4,7,12,14,23H2,1H3,(H,24,28). The summed E-state index contributed by atoms with van der Waals surface area (Å²) in [7, 11) is 0. The third kappa shape index (κ3) is 3.96. The summed E-state index contributed by atoms with van der Waals surface area (Å²) in [5.41, 5.74) is 9.70. The summed E-state index contributed by atoms with van der Waals surface area (Å²) in [6.07, 6.45) is 4.47. The molecule has 0 fully saturated rings. The maximum Gasteiger partial charge on any atom is 0.257 e. The first-order valence-corrected chi connectivity index (χ1v) is 10.9. The fourth-order valence-electron chi connectivity index (χ4n) is 3.53. The van der Waals surface area contributed by atoms with Crippen LogP contribution in [0.4, 0.5) is 5.82 Å². The molecule has 0 atom stereocenters. The van der Waals surface area contributed by atoms with E-state index in [4.69, 9.17) is 15.7 Å². The Hall–Kier alpha value is -2.93. The molecule has 3 aromatic heterocycles. The second-order valence-electron chi connectivity index (χ2n) is 7.12. The number of amides is 1. The zero-order chi connectivity index (χ0) is 20.2. The number of aromatic nitrogens is 3. The zero-order valence-corrected chi connectivity index (χ0v) is 17.3. The predicted octanol–water partition coefficient (Wildman–Crippen LogP) is 4.74. The van der Waals surface area contributed by atoms with Crippen molar-refractivity contribution in [3.8, 4) is 0 Å². The summed E-state index contributed by atoms with van der Waals surface area (Å²) in [6.45, 7) is 3.39. The molecule has 1 amide bonds. The van der Waals surface area contributed by atoms with Gasteiger partial charge >= 0.3 is 0 Å². The van der Waals surface area contributed by atoms with Crippen LogP contribution < -0.4 is 11.1 Å². The van der Waals surface area contributed by atoms with Gasteiger partial charge in [-0.05, 0) is 30.0 Å². The molecule has 0 aliphatic rings. The molecule has 1 aromatic carbocycles. The van der Waals surface area contributed by atoms with Crippen molar-refractivity contribution >= 4 is 45.3 Å². The fraction of sp³-hybridized carbons (Fsp3) is 0.318. The van der Waals surface area contributed by atoms with Crippen LogP contribution in [0.15, 0.2) is 41.8 Å². The lowest BCUT2D eigenvalue weighted by Crippen LogP contribution is -2.23. The number of nitrogen functional groups attached to an aromatic ring is 1. The van der Waals surface area contributed by atoms with Gasteiger partial charge < -0.3 is 15.6 Å². The summed E-state index contributed by atoms with van der Waals surface area (Å²) in [5.74, 6) is 0.230. The zero-order valence-electron chi connectivity index (χ0n) is 16.5. The second-order valence-corrected chi connectivity index (χ2v) is 8.15. The molecule has 0 unspecified atom stereocenters. The Labute approximate surface area is 173 Å². The molecule has 150 valence electrons. The van der Waals surface area contributed by atoms with E-state index >= 15 is 0 Å². The number of carbonyl (C=O) groups excluding carboxylic acids is 1. The van der Waals surface area contributed by atoms with Crippen LogP contribution >= 0.6 is 11.3 Å². The van der Waals surface area contributed by atoms with Gasteiger partial charge in [0.2, 0.25) is 0 Å². The molecule has 0 aliphatic heterocycles. The maximum atomic E-state index is 13.0. The number of anilines is 1. The van der Waals surface area contributed by atoms with Gasteiger partial charge in [0, 0.05) is 11.4 Å². The highest BCUT2D eigenvalue weighted by Crippen LogP contribution is 2.28. The van der Waals surface area contributed by atoms with Gasteiger partial charge in [-0.1, -0.05) is 44.4 Å². The smallest absolute Gasteiger partial charge is 0.257 e. The molecule has 3 heterocycles. The number of fused-ring (bicyclic) bond motifs is 2. The summed E-state index contributed by atoms with van der Waals surface area (Å²) >= 11 is 1.61. The van der Waals surface area contributed by atoms with E-state index in [0.29, 0.717) is 29.1 Å². The van der Waals surface area contributed by atoms with Crippen molar-refractivity contribution in [1.82, 2.24) is 19.9 Å². The Morgan fingerprint density at radius 2 is 1.90 bits per heavy atom. The van der Waals surface area contributed by atoms with E-state index in [1.807, 2.05) is 46.3 Å². The number of nitrogens with one attached hydrogen (secondary N) is 1. The van der Waals surface area contributed by atoms with Gasteiger partial charge in [-0.3, -0.25) is 4.79 Å². The number of para-hydroxylation sites is 2. The van der Waals surface area contributed by atoms with Gasteiger partial charge in [0.25, 0.3) is 5.91 Å². The number of thiophene rings is 1. The van der Waals surface area contributed by atoms with Gasteiger partial charge in [-0.25, -0.2) is 9.97 Å². The highest BCUT2D eigenvalue weighted by molar-refractivity contribution is 7.09. The third-order valence-electron chi connectivity index (χ3n) is 5.06. The number of hydrogen-bond acceptors (Lipinski definition) is 5. The van der Waals surface area contributed by atoms with Crippen LogP contribution in [0.1, 0.15) is 47.8 Å². The molecule has 0 bridgehead atoms. The topological polar surface area (TPSA) is 85.8 Å². The highest BCUT2D eigenvalue weighted by atomic mass is 32.1. The average Bonchev–Trinajstić information content (AvgIpc) is 3.34. The molecule has 0 saturated heterocycles. The molecule has 0 saturated carbocycles. The van der Waals surface area contributed by atoms with E-state index in [-0.39, 0.29) is 5.91 Å². The number of unbranched alkanes of at least 4 members (excludes halogenated alkanes) is 3. The Bertz CT molecular complexity index is 1130. The van der Waals surface area contributed by atoms with Crippen molar-refractivity contribution in [3.63, 3.8) is 0 Å². The number of nitrogens with zero attached hydrogens (tertiary/aromatic N) is 3. The molecule has 6 nitrogen and oxygen atoms in total. The molecule has 7 heteroatoms. The lowest BCUT2D eigenvalue weighted by Gasteiger charge is -2.08. The summed E-state index contributed by atoms with van der Waals surface area (Å²) in [4.78, 5) is 23.7. The largest absolute Gasteiger partial charge is 0.384 e. The first kappa shape index (κ1) is 19.4. The van der Waals surface area contributed by atoms with Crippen LogP contribution in [0.3, 0.4) is 0 Å². The first-order valence-electron chi connectivity index (χ1n) is 10.0. The molecule has 0 spiro atoms. The number of rotatable bonds is 8. The fourth-order valence-corrected chi connectivity index (χ4v) is 4.18. The van der Waals surface area contributed by atoms with Gasteiger partial charge in [0.05, 0.1) is 17.6 Å². The quantitative estimate of drug-likeness (QED) is 0.413. The lowest BCUT2D eigenvalue weighted by molar-refractivity contribution is 0.0953. The SMILES string of the molecule is CCCCCCn1c(N)c(C(=O)NCc2cccs2)c2nc3ccccc3nc21. The van der Waals surface area contributed by atoms with Crippen LogP contribution in [0, 0.1) is 0 Å². The molecule has 0 radical (unpaired) electrons. The monoisotopic (exact) mass is 407 g/mol. The molecule has 3 N–H and O–H groups in total. The van der Waals surface area contributed by atoms with Crippen molar-refractivity contribution in [1.29, 1.82) is 0 Å². The van der Waals surface area contributed by atoms with E-state index < -0.39 is 0 Å². The lowest BCUT2D eigenvalue weighted by atomic mass is 10.2. The van der Waals surface area contributed by atoms with Gasteiger partial charge in [-0.2, -0.15) is 0 Å². The van der Waals surface area contributed by atoms with Gasteiger partial charge in [0.15, 0.2) is 5.65 Å². The van der Waals surface area contributed by atoms with Crippen LogP contribution in [-0.4, -0.2) is 20.4 Å². The van der Waals surface area contributed by atoms with Crippen LogP contribution in [0.25, 0.3) is 22.2 Å². The molecule has 0 aliphatic carbocycles. The van der Waals surface area contributed by atoms with E-state index in [1.54, 1.807) is 11.3 Å². The van der Waals surface area contributed by atoms with Crippen molar-refractivity contribution in [2.24, 2.45) is 0 Å². The Balaban J connectivity index is 1.73. The van der Waals surface area contributed by atoms with Gasteiger partial charge in [0.1, 0.15) is 16.9 Å². The van der Waals surface area contributed by atoms with Crippen LogP contribution in [0.5, 0.6) is 0 Å². The minimum atomic E-state index is -0.210. The summed E-state index contributed by atoms with van der Waals surface area (Å²) in [5, 5.41) is 4.98. The Morgan fingerprint density at radius 3 is 2.62 bits per heavy atom. The highest BCUT2D eigenvalue weighted by Gasteiger charge is 2.23. The Kier molecular flexibility index (Phi) is 5.76. The Morgan fingerprint density at radius 1 is 1.10 bits per heavy atom. The maximum absolute atomic E-state index is 13.0. The van der Waals surface area contributed by atoms with Gasteiger partial charge in [-0.15, -0.1) is 11.3 Å². The minimum Gasteiger partial charge on any atom is -0.384 e.